The van der Waals surface area contributed by atoms with Gasteiger partial charge in [-0.1, -0.05) is 37.0 Å². The lowest BCUT2D eigenvalue weighted by molar-refractivity contribution is 0.0929. The first-order valence-corrected chi connectivity index (χ1v) is 7.26. The molecule has 1 aromatic rings. The van der Waals surface area contributed by atoms with E-state index in [9.17, 15) is 4.39 Å². The third-order valence-corrected chi connectivity index (χ3v) is 3.94. The van der Waals surface area contributed by atoms with E-state index >= 15 is 0 Å². The highest BCUT2D eigenvalue weighted by molar-refractivity contribution is 6.35. The molecule has 1 saturated heterocycles. The fourth-order valence-corrected chi connectivity index (χ4v) is 3.02. The Morgan fingerprint density at radius 3 is 2.63 bits per heavy atom. The quantitative estimate of drug-likeness (QED) is 0.902. The fourth-order valence-electron chi connectivity index (χ4n) is 2.51. The van der Waals surface area contributed by atoms with E-state index in [0.29, 0.717) is 5.92 Å². The molecule has 2 rings (SSSR count). The van der Waals surface area contributed by atoms with Crippen LogP contribution in [-0.4, -0.2) is 19.2 Å². The monoisotopic (exact) mass is 305 g/mol. The molecule has 0 radical (unpaired) electrons. The Morgan fingerprint density at radius 1 is 1.37 bits per heavy atom. The molecule has 1 aliphatic rings. The lowest BCUT2D eigenvalue weighted by Gasteiger charge is -2.28. The van der Waals surface area contributed by atoms with Crippen LogP contribution in [0.25, 0.3) is 0 Å². The Bertz CT molecular complexity index is 424. The van der Waals surface area contributed by atoms with Gasteiger partial charge in [0.25, 0.3) is 0 Å². The molecule has 1 heterocycles. The third-order valence-electron chi connectivity index (χ3n) is 3.44. The summed E-state index contributed by atoms with van der Waals surface area (Å²) in [7, 11) is 0. The smallest absolute Gasteiger partial charge is 0.174 e. The van der Waals surface area contributed by atoms with Crippen LogP contribution in [0.5, 0.6) is 5.75 Å². The predicted molar refractivity (Wildman–Crippen MR) is 76.7 cm³/mol. The lowest BCUT2D eigenvalue weighted by Crippen LogP contribution is -2.33. The Kier molecular flexibility index (Phi) is 4.93. The fraction of sp³-hybridized carbons (Fsp3) is 0.571. The van der Waals surface area contributed by atoms with Gasteiger partial charge < -0.3 is 10.1 Å². The second kappa shape index (κ2) is 6.29. The Hall–Kier alpha value is -0.510. The molecule has 19 heavy (non-hydrogen) atoms. The molecule has 2 nitrogen and oxygen atoms in total. The second-order valence-electron chi connectivity index (χ2n) is 5.28. The zero-order valence-corrected chi connectivity index (χ0v) is 12.6. The highest BCUT2D eigenvalue weighted by Gasteiger charge is 2.30. The van der Waals surface area contributed by atoms with Crippen molar-refractivity contribution < 1.29 is 9.13 Å². The predicted octanol–water partition coefficient (Wildman–Crippen LogP) is 4.15. The van der Waals surface area contributed by atoms with Crippen molar-refractivity contribution in [3.63, 3.8) is 0 Å². The average molecular weight is 306 g/mol. The van der Waals surface area contributed by atoms with Crippen molar-refractivity contribution in [2.75, 3.05) is 13.1 Å². The van der Waals surface area contributed by atoms with Gasteiger partial charge in [-0.3, -0.25) is 0 Å². The van der Waals surface area contributed by atoms with Crippen LogP contribution in [0.15, 0.2) is 12.1 Å². The van der Waals surface area contributed by atoms with Crippen LogP contribution in [-0.2, 0) is 0 Å². The van der Waals surface area contributed by atoms with Crippen LogP contribution in [0.4, 0.5) is 4.39 Å². The van der Waals surface area contributed by atoms with E-state index in [1.54, 1.807) is 0 Å². The molecule has 1 N–H and O–H groups in total. The minimum Gasteiger partial charge on any atom is -0.485 e. The number of hydrogen-bond acceptors (Lipinski definition) is 2. The SMILES string of the molecule is CC(C)[C@H](Oc1c(F)cc(Cl)cc1Cl)[C@H]1CCNC1. The summed E-state index contributed by atoms with van der Waals surface area (Å²) in [5, 5.41) is 3.80. The molecule has 5 heteroatoms. The van der Waals surface area contributed by atoms with E-state index < -0.39 is 5.82 Å². The van der Waals surface area contributed by atoms with Crippen LogP contribution < -0.4 is 10.1 Å². The average Bonchev–Trinajstić information content (AvgIpc) is 2.80. The first-order valence-electron chi connectivity index (χ1n) is 6.51. The lowest BCUT2D eigenvalue weighted by atomic mass is 9.92. The van der Waals surface area contributed by atoms with Gasteiger partial charge in [0.2, 0.25) is 0 Å². The van der Waals surface area contributed by atoms with Gasteiger partial charge in [0.15, 0.2) is 11.6 Å². The van der Waals surface area contributed by atoms with Gasteiger partial charge in [-0.25, -0.2) is 4.39 Å². The molecule has 106 valence electrons. The highest BCUT2D eigenvalue weighted by Crippen LogP contribution is 2.34. The zero-order valence-electron chi connectivity index (χ0n) is 11.1. The summed E-state index contributed by atoms with van der Waals surface area (Å²) in [4.78, 5) is 0. The minimum atomic E-state index is -0.505. The third kappa shape index (κ3) is 3.53. The van der Waals surface area contributed by atoms with Crippen LogP contribution in [0.3, 0.4) is 0 Å². The maximum Gasteiger partial charge on any atom is 0.174 e. The van der Waals surface area contributed by atoms with Gasteiger partial charge in [-0.2, -0.15) is 0 Å². The van der Waals surface area contributed by atoms with Crippen LogP contribution >= 0.6 is 23.2 Å². The van der Waals surface area contributed by atoms with Gasteiger partial charge in [0, 0.05) is 17.5 Å². The molecule has 0 unspecified atom stereocenters. The van der Waals surface area contributed by atoms with E-state index in [1.165, 1.54) is 12.1 Å². The molecule has 0 spiro atoms. The van der Waals surface area contributed by atoms with Crippen LogP contribution in [0, 0.1) is 17.7 Å². The summed E-state index contributed by atoms with van der Waals surface area (Å²) < 4.78 is 19.8. The zero-order chi connectivity index (χ0) is 14.0. The van der Waals surface area contributed by atoms with Crippen molar-refractivity contribution in [2.24, 2.45) is 11.8 Å². The van der Waals surface area contributed by atoms with Gasteiger partial charge in [-0.15, -0.1) is 0 Å². The molecule has 0 bridgehead atoms. The largest absolute Gasteiger partial charge is 0.485 e. The first-order chi connectivity index (χ1) is 8.99. The van der Waals surface area contributed by atoms with Crippen molar-refractivity contribution in [2.45, 2.75) is 26.4 Å². The molecule has 0 saturated carbocycles. The Morgan fingerprint density at radius 2 is 2.11 bits per heavy atom. The molecular weight excluding hydrogens is 288 g/mol. The molecule has 1 aromatic carbocycles. The van der Waals surface area contributed by atoms with Crippen molar-refractivity contribution >= 4 is 23.2 Å². The van der Waals surface area contributed by atoms with E-state index in [0.717, 1.165) is 19.5 Å². The van der Waals surface area contributed by atoms with Crippen molar-refractivity contribution in [1.29, 1.82) is 0 Å². The molecule has 0 aliphatic carbocycles. The number of benzene rings is 1. The van der Waals surface area contributed by atoms with Gasteiger partial charge >= 0.3 is 0 Å². The van der Waals surface area contributed by atoms with Crippen molar-refractivity contribution in [1.82, 2.24) is 5.32 Å². The maximum atomic E-state index is 13.9. The standard InChI is InChI=1S/C14H18Cl2FNO/c1-8(2)13(9-3-4-18-7-9)19-14-11(16)5-10(15)6-12(14)17/h5-6,8-9,13,18H,3-4,7H2,1-2H3/t9-,13-/m0/s1. The first kappa shape index (κ1) is 14.9. The van der Waals surface area contributed by atoms with Crippen molar-refractivity contribution in [3.8, 4) is 5.75 Å². The highest BCUT2D eigenvalue weighted by atomic mass is 35.5. The summed E-state index contributed by atoms with van der Waals surface area (Å²) in [6, 6.07) is 2.73. The van der Waals surface area contributed by atoms with Gasteiger partial charge in [0.1, 0.15) is 6.10 Å². The van der Waals surface area contributed by atoms with E-state index in [2.05, 4.69) is 19.2 Å². The molecular formula is C14H18Cl2FNO. The van der Waals surface area contributed by atoms with Crippen LogP contribution in [0.2, 0.25) is 10.0 Å². The second-order valence-corrected chi connectivity index (χ2v) is 6.12. The molecule has 2 atom stereocenters. The molecule has 0 amide bonds. The Labute approximate surface area is 123 Å². The van der Waals surface area contributed by atoms with E-state index in [-0.39, 0.29) is 27.8 Å². The van der Waals surface area contributed by atoms with Crippen LogP contribution in [0.1, 0.15) is 20.3 Å². The summed E-state index contributed by atoms with van der Waals surface area (Å²) in [5.74, 6) is 0.271. The number of rotatable bonds is 4. The molecule has 0 aromatic heterocycles. The van der Waals surface area contributed by atoms with Gasteiger partial charge in [-0.05, 0) is 31.0 Å². The molecule has 1 fully saturated rings. The minimum absolute atomic E-state index is 0.0526. The molecule has 1 aliphatic heterocycles. The summed E-state index contributed by atoms with van der Waals surface area (Å²) in [6.45, 7) is 6.03. The van der Waals surface area contributed by atoms with Gasteiger partial charge in [0.05, 0.1) is 5.02 Å². The normalized spacial score (nSPS) is 20.8. The van der Waals surface area contributed by atoms with Crippen molar-refractivity contribution in [3.05, 3.63) is 28.0 Å². The number of hydrogen-bond donors (Lipinski definition) is 1. The Balaban J connectivity index is 2.21. The van der Waals surface area contributed by atoms with E-state index in [4.69, 9.17) is 27.9 Å². The van der Waals surface area contributed by atoms with E-state index in [1.807, 2.05) is 0 Å². The summed E-state index contributed by atoms with van der Waals surface area (Å²) >= 11 is 11.8. The topological polar surface area (TPSA) is 21.3 Å². The summed E-state index contributed by atoms with van der Waals surface area (Å²) in [5.41, 5.74) is 0. The number of halogens is 3. The number of ether oxygens (including phenoxy) is 1. The summed E-state index contributed by atoms with van der Waals surface area (Å²) in [6.07, 6.45) is 0.985. The number of nitrogens with one attached hydrogen (secondary N) is 1. The maximum absolute atomic E-state index is 13.9.